The molecule has 0 fully saturated rings. The molecule has 2 rings (SSSR count). The number of nitrogens with zero attached hydrogens (tertiary/aromatic N) is 2. The van der Waals surface area contributed by atoms with E-state index in [4.69, 9.17) is 4.42 Å². The highest BCUT2D eigenvalue weighted by Gasteiger charge is 2.29. The van der Waals surface area contributed by atoms with Gasteiger partial charge >= 0.3 is 6.18 Å². The van der Waals surface area contributed by atoms with Gasteiger partial charge in [-0.05, 0) is 38.5 Å². The highest BCUT2D eigenvalue weighted by molar-refractivity contribution is 5.79. The SMILES string of the molecule is CCNC(=NCc1ccc(C(F)(F)F)cc1)NCc1nc(C)c(C)o1. The molecule has 2 N–H and O–H groups in total. The van der Waals surface area contributed by atoms with Crippen LogP contribution in [0.3, 0.4) is 0 Å². The van der Waals surface area contributed by atoms with E-state index in [0.717, 1.165) is 23.6 Å². The first-order valence-electron chi connectivity index (χ1n) is 7.90. The number of aryl methyl sites for hydroxylation is 2. The molecule has 0 aliphatic carbocycles. The Hall–Kier alpha value is -2.51. The molecule has 0 aliphatic heterocycles. The van der Waals surface area contributed by atoms with Gasteiger partial charge in [0.15, 0.2) is 5.96 Å². The largest absolute Gasteiger partial charge is 0.444 e. The minimum absolute atomic E-state index is 0.261. The van der Waals surface area contributed by atoms with Crippen LogP contribution < -0.4 is 10.6 Å². The van der Waals surface area contributed by atoms with Crippen molar-refractivity contribution in [3.63, 3.8) is 0 Å². The number of rotatable bonds is 5. The zero-order valence-corrected chi connectivity index (χ0v) is 14.4. The van der Waals surface area contributed by atoms with Crippen LogP contribution >= 0.6 is 0 Å². The van der Waals surface area contributed by atoms with Gasteiger partial charge in [0.1, 0.15) is 5.76 Å². The quantitative estimate of drug-likeness (QED) is 0.637. The Morgan fingerprint density at radius 2 is 1.84 bits per heavy atom. The Morgan fingerprint density at radius 3 is 2.36 bits per heavy atom. The Bertz CT molecular complexity index is 701. The van der Waals surface area contributed by atoms with Crippen LogP contribution in [0.25, 0.3) is 0 Å². The van der Waals surface area contributed by atoms with E-state index in [9.17, 15) is 13.2 Å². The molecule has 0 bridgehead atoms. The maximum atomic E-state index is 12.6. The van der Waals surface area contributed by atoms with Gasteiger partial charge in [-0.3, -0.25) is 0 Å². The summed E-state index contributed by atoms with van der Waals surface area (Å²) < 4.78 is 43.2. The van der Waals surface area contributed by atoms with E-state index in [1.807, 2.05) is 20.8 Å². The molecule has 0 spiro atoms. The van der Waals surface area contributed by atoms with Crippen LogP contribution in [0.2, 0.25) is 0 Å². The van der Waals surface area contributed by atoms with Crippen LogP contribution in [-0.2, 0) is 19.3 Å². The number of aromatic nitrogens is 1. The Balaban J connectivity index is 1.98. The predicted octanol–water partition coefficient (Wildman–Crippen LogP) is 3.57. The topological polar surface area (TPSA) is 62.5 Å². The maximum Gasteiger partial charge on any atom is 0.416 e. The van der Waals surface area contributed by atoms with Gasteiger partial charge in [0.2, 0.25) is 5.89 Å². The lowest BCUT2D eigenvalue weighted by atomic mass is 10.1. The summed E-state index contributed by atoms with van der Waals surface area (Å²) in [5.41, 5.74) is 0.858. The van der Waals surface area contributed by atoms with Gasteiger partial charge in [0, 0.05) is 6.54 Å². The van der Waals surface area contributed by atoms with Crippen molar-refractivity contribution in [1.82, 2.24) is 15.6 Å². The summed E-state index contributed by atoms with van der Waals surface area (Å²) in [6.07, 6.45) is -4.33. The highest BCUT2D eigenvalue weighted by Crippen LogP contribution is 2.29. The van der Waals surface area contributed by atoms with Gasteiger partial charge in [-0.15, -0.1) is 0 Å². The normalized spacial score (nSPS) is 12.3. The van der Waals surface area contributed by atoms with Gasteiger partial charge in [-0.2, -0.15) is 13.2 Å². The van der Waals surface area contributed by atoms with E-state index < -0.39 is 11.7 Å². The first-order chi connectivity index (χ1) is 11.8. The Kier molecular flexibility index (Phi) is 6.06. The number of oxazole rings is 1. The van der Waals surface area contributed by atoms with Crippen LogP contribution in [-0.4, -0.2) is 17.5 Å². The van der Waals surface area contributed by atoms with E-state index in [-0.39, 0.29) is 6.54 Å². The average molecular weight is 354 g/mol. The van der Waals surface area contributed by atoms with E-state index in [1.165, 1.54) is 12.1 Å². The van der Waals surface area contributed by atoms with Crippen molar-refractivity contribution in [3.05, 3.63) is 52.7 Å². The molecule has 1 aromatic heterocycles. The van der Waals surface area contributed by atoms with Gasteiger partial charge in [0.25, 0.3) is 0 Å². The molecule has 5 nitrogen and oxygen atoms in total. The molecular formula is C17H21F3N4O. The first-order valence-corrected chi connectivity index (χ1v) is 7.90. The fourth-order valence-electron chi connectivity index (χ4n) is 2.09. The van der Waals surface area contributed by atoms with Crippen molar-refractivity contribution in [2.75, 3.05) is 6.54 Å². The molecule has 0 atom stereocenters. The van der Waals surface area contributed by atoms with Crippen LogP contribution in [0.15, 0.2) is 33.7 Å². The molecule has 0 amide bonds. The third kappa shape index (κ3) is 5.51. The van der Waals surface area contributed by atoms with Gasteiger partial charge in [-0.25, -0.2) is 9.98 Å². The van der Waals surface area contributed by atoms with Crippen LogP contribution in [0, 0.1) is 13.8 Å². The number of hydrogen-bond donors (Lipinski definition) is 2. The highest BCUT2D eigenvalue weighted by atomic mass is 19.4. The molecule has 2 aromatic rings. The molecule has 25 heavy (non-hydrogen) atoms. The van der Waals surface area contributed by atoms with E-state index in [1.54, 1.807) is 0 Å². The van der Waals surface area contributed by atoms with E-state index in [2.05, 4.69) is 20.6 Å². The monoisotopic (exact) mass is 354 g/mol. The van der Waals surface area contributed by atoms with E-state index >= 15 is 0 Å². The molecule has 0 saturated carbocycles. The number of benzene rings is 1. The van der Waals surface area contributed by atoms with Crippen molar-refractivity contribution >= 4 is 5.96 Å². The maximum absolute atomic E-state index is 12.6. The summed E-state index contributed by atoms with van der Waals surface area (Å²) >= 11 is 0. The summed E-state index contributed by atoms with van der Waals surface area (Å²) in [4.78, 5) is 8.64. The number of aliphatic imine (C=N–C) groups is 1. The van der Waals surface area contributed by atoms with Crippen molar-refractivity contribution in [3.8, 4) is 0 Å². The van der Waals surface area contributed by atoms with Gasteiger partial charge < -0.3 is 15.1 Å². The molecule has 1 heterocycles. The van der Waals surface area contributed by atoms with Crippen molar-refractivity contribution < 1.29 is 17.6 Å². The lowest BCUT2D eigenvalue weighted by Gasteiger charge is -2.10. The molecule has 0 unspecified atom stereocenters. The van der Waals surface area contributed by atoms with Crippen molar-refractivity contribution in [2.24, 2.45) is 4.99 Å². The number of hydrogen-bond acceptors (Lipinski definition) is 3. The summed E-state index contributed by atoms with van der Waals surface area (Å²) in [6, 6.07) is 4.97. The Morgan fingerprint density at radius 1 is 1.16 bits per heavy atom. The number of nitrogens with one attached hydrogen (secondary N) is 2. The second-order valence-corrected chi connectivity index (χ2v) is 5.49. The molecule has 0 radical (unpaired) electrons. The molecule has 0 saturated heterocycles. The minimum Gasteiger partial charge on any atom is -0.444 e. The molecule has 136 valence electrons. The Labute approximate surface area is 144 Å². The fraction of sp³-hybridized carbons (Fsp3) is 0.412. The summed E-state index contributed by atoms with van der Waals surface area (Å²) in [5.74, 6) is 1.86. The molecular weight excluding hydrogens is 333 g/mol. The van der Waals surface area contributed by atoms with Gasteiger partial charge in [-0.1, -0.05) is 12.1 Å². The smallest absolute Gasteiger partial charge is 0.416 e. The fourth-order valence-corrected chi connectivity index (χ4v) is 2.09. The zero-order chi connectivity index (χ0) is 18.4. The lowest BCUT2D eigenvalue weighted by molar-refractivity contribution is -0.137. The number of guanidine groups is 1. The minimum atomic E-state index is -4.33. The summed E-state index contributed by atoms with van der Waals surface area (Å²) in [5, 5.41) is 6.16. The summed E-state index contributed by atoms with van der Waals surface area (Å²) in [7, 11) is 0. The third-order valence-electron chi connectivity index (χ3n) is 3.53. The lowest BCUT2D eigenvalue weighted by Crippen LogP contribution is -2.36. The first kappa shape index (κ1) is 18.8. The summed E-state index contributed by atoms with van der Waals surface area (Å²) in [6.45, 7) is 6.92. The average Bonchev–Trinajstić information content (AvgIpc) is 2.88. The zero-order valence-electron chi connectivity index (χ0n) is 14.4. The third-order valence-corrected chi connectivity index (χ3v) is 3.53. The molecule has 8 heteroatoms. The predicted molar refractivity (Wildman–Crippen MR) is 89.1 cm³/mol. The van der Waals surface area contributed by atoms with Gasteiger partial charge in [0.05, 0.1) is 24.3 Å². The standard InChI is InChI=1S/C17H21F3N4O/c1-4-21-16(23-10-15-24-11(2)12(3)25-15)22-9-13-5-7-14(8-6-13)17(18,19)20/h5-8H,4,9-10H2,1-3H3,(H2,21,22,23). The molecule has 0 aliphatic rings. The van der Waals surface area contributed by atoms with Crippen LogP contribution in [0.1, 0.15) is 35.4 Å². The molecule has 1 aromatic carbocycles. The second kappa shape index (κ2) is 8.04. The van der Waals surface area contributed by atoms with Crippen LogP contribution in [0.4, 0.5) is 13.2 Å². The van der Waals surface area contributed by atoms with Crippen molar-refractivity contribution in [1.29, 1.82) is 0 Å². The van der Waals surface area contributed by atoms with Crippen molar-refractivity contribution in [2.45, 2.75) is 40.0 Å². The number of alkyl halides is 3. The second-order valence-electron chi connectivity index (χ2n) is 5.49. The van der Waals surface area contributed by atoms with E-state index in [0.29, 0.717) is 30.5 Å². The van der Waals surface area contributed by atoms with Crippen LogP contribution in [0.5, 0.6) is 0 Å². The number of halogens is 3.